The van der Waals surface area contributed by atoms with Crippen molar-refractivity contribution in [2.45, 2.75) is 6.54 Å². The number of nitrogens with one attached hydrogen (secondary N) is 1. The molecule has 0 bridgehead atoms. The number of aromatic amines is 1. The zero-order chi connectivity index (χ0) is 10.1. The fourth-order valence-electron chi connectivity index (χ4n) is 1.70. The van der Waals surface area contributed by atoms with Gasteiger partial charge in [-0.15, -0.1) is 12.4 Å². The van der Waals surface area contributed by atoms with Crippen molar-refractivity contribution >= 4 is 23.3 Å². The van der Waals surface area contributed by atoms with E-state index in [0.717, 1.165) is 17.8 Å². The third-order valence-corrected chi connectivity index (χ3v) is 2.44. The summed E-state index contributed by atoms with van der Waals surface area (Å²) in [6, 6.07) is 8.09. The molecule has 0 aliphatic rings. The number of hydrogen-bond donors (Lipinski definition) is 1. The van der Waals surface area contributed by atoms with Gasteiger partial charge in [-0.25, -0.2) is 4.98 Å². The van der Waals surface area contributed by atoms with Crippen LogP contribution in [-0.2, 0) is 6.54 Å². The van der Waals surface area contributed by atoms with E-state index < -0.39 is 0 Å². The highest BCUT2D eigenvalue weighted by molar-refractivity contribution is 5.85. The summed E-state index contributed by atoms with van der Waals surface area (Å²) in [5.74, 6) is 0. The first-order valence-electron chi connectivity index (χ1n) is 4.81. The SMILES string of the molecule is Cl.c1ccc2c(Cn3ccnc3)[nH]nc2c1. The quantitative estimate of drug-likeness (QED) is 0.739. The summed E-state index contributed by atoms with van der Waals surface area (Å²) in [4.78, 5) is 4.01. The number of nitrogens with zero attached hydrogens (tertiary/aromatic N) is 3. The lowest BCUT2D eigenvalue weighted by Crippen LogP contribution is -1.96. The van der Waals surface area contributed by atoms with Crippen LogP contribution in [0.1, 0.15) is 5.69 Å². The normalized spacial score (nSPS) is 10.2. The molecule has 1 aromatic carbocycles. The molecular weight excluding hydrogens is 224 g/mol. The summed E-state index contributed by atoms with van der Waals surface area (Å²) < 4.78 is 2.01. The fourth-order valence-corrected chi connectivity index (χ4v) is 1.70. The van der Waals surface area contributed by atoms with Crippen LogP contribution in [0.3, 0.4) is 0 Å². The lowest BCUT2D eigenvalue weighted by Gasteiger charge is -1.98. The molecule has 82 valence electrons. The Bertz CT molecular complexity index is 570. The molecule has 3 rings (SSSR count). The third kappa shape index (κ3) is 1.79. The molecule has 0 aliphatic heterocycles. The molecule has 0 radical (unpaired) electrons. The number of benzene rings is 1. The first-order chi connectivity index (χ1) is 7.43. The van der Waals surface area contributed by atoms with Crippen LogP contribution in [0.5, 0.6) is 0 Å². The van der Waals surface area contributed by atoms with Crippen molar-refractivity contribution in [3.05, 3.63) is 48.7 Å². The molecule has 0 fully saturated rings. The number of hydrogen-bond acceptors (Lipinski definition) is 2. The maximum absolute atomic E-state index is 4.24. The Kier molecular flexibility index (Phi) is 2.92. The summed E-state index contributed by atoms with van der Waals surface area (Å²) >= 11 is 0. The predicted molar refractivity (Wildman–Crippen MR) is 64.7 cm³/mol. The van der Waals surface area contributed by atoms with Crippen LogP contribution in [0.15, 0.2) is 43.0 Å². The molecule has 5 heteroatoms. The molecule has 0 unspecified atom stereocenters. The van der Waals surface area contributed by atoms with Crippen LogP contribution in [0.25, 0.3) is 10.9 Å². The van der Waals surface area contributed by atoms with E-state index in [1.54, 1.807) is 12.5 Å². The van der Waals surface area contributed by atoms with Gasteiger partial charge < -0.3 is 4.57 Å². The van der Waals surface area contributed by atoms with Crippen LogP contribution in [-0.4, -0.2) is 19.7 Å². The second-order valence-electron chi connectivity index (χ2n) is 3.45. The van der Waals surface area contributed by atoms with E-state index in [1.165, 1.54) is 5.39 Å². The summed E-state index contributed by atoms with van der Waals surface area (Å²) in [5.41, 5.74) is 2.12. The third-order valence-electron chi connectivity index (χ3n) is 2.44. The molecule has 0 amide bonds. The highest BCUT2D eigenvalue weighted by Crippen LogP contribution is 2.15. The fraction of sp³-hybridized carbons (Fsp3) is 0.0909. The maximum atomic E-state index is 4.24. The van der Waals surface area contributed by atoms with Crippen molar-refractivity contribution in [3.63, 3.8) is 0 Å². The Balaban J connectivity index is 0.000000963. The van der Waals surface area contributed by atoms with Crippen LogP contribution in [0.2, 0.25) is 0 Å². The zero-order valence-electron chi connectivity index (χ0n) is 8.50. The highest BCUT2D eigenvalue weighted by atomic mass is 35.5. The number of halogens is 1. The van der Waals surface area contributed by atoms with E-state index in [9.17, 15) is 0 Å². The number of rotatable bonds is 2. The van der Waals surface area contributed by atoms with E-state index >= 15 is 0 Å². The number of aromatic nitrogens is 4. The first-order valence-corrected chi connectivity index (χ1v) is 4.81. The van der Waals surface area contributed by atoms with E-state index in [4.69, 9.17) is 0 Å². The molecule has 4 nitrogen and oxygen atoms in total. The van der Waals surface area contributed by atoms with E-state index in [-0.39, 0.29) is 12.4 Å². The smallest absolute Gasteiger partial charge is 0.0949 e. The minimum absolute atomic E-state index is 0. The minimum Gasteiger partial charge on any atom is -0.331 e. The van der Waals surface area contributed by atoms with E-state index in [0.29, 0.717) is 0 Å². The predicted octanol–water partition coefficient (Wildman–Crippen LogP) is 2.23. The standard InChI is InChI=1S/C11H10N4.ClH/c1-2-4-10-9(3-1)11(14-13-10)7-15-6-5-12-8-15;/h1-6,8H,7H2,(H,13,14);1H. The van der Waals surface area contributed by atoms with Crippen LogP contribution < -0.4 is 0 Å². The molecule has 16 heavy (non-hydrogen) atoms. The van der Waals surface area contributed by atoms with Crippen molar-refractivity contribution in [1.82, 2.24) is 19.7 Å². The molecule has 0 saturated carbocycles. The average molecular weight is 235 g/mol. The monoisotopic (exact) mass is 234 g/mol. The number of fused-ring (bicyclic) bond motifs is 1. The Morgan fingerprint density at radius 2 is 2.12 bits per heavy atom. The second-order valence-corrected chi connectivity index (χ2v) is 3.45. The second kappa shape index (κ2) is 4.37. The highest BCUT2D eigenvalue weighted by Gasteiger charge is 2.03. The Labute approximate surface area is 98.7 Å². The van der Waals surface area contributed by atoms with Crippen LogP contribution in [0, 0.1) is 0 Å². The summed E-state index contributed by atoms with van der Waals surface area (Å²) in [5, 5.41) is 8.47. The van der Waals surface area contributed by atoms with Crippen molar-refractivity contribution < 1.29 is 0 Å². The molecule has 0 aliphatic carbocycles. The van der Waals surface area contributed by atoms with Gasteiger partial charge in [-0.05, 0) is 6.07 Å². The lowest BCUT2D eigenvalue weighted by molar-refractivity contribution is 0.772. The largest absolute Gasteiger partial charge is 0.331 e. The number of para-hydroxylation sites is 1. The molecular formula is C11H11ClN4. The van der Waals surface area contributed by atoms with Gasteiger partial charge in [0.2, 0.25) is 0 Å². The molecule has 2 aromatic heterocycles. The van der Waals surface area contributed by atoms with Crippen molar-refractivity contribution in [1.29, 1.82) is 0 Å². The minimum atomic E-state index is 0. The molecule has 1 N–H and O–H groups in total. The van der Waals surface area contributed by atoms with Gasteiger partial charge in [-0.1, -0.05) is 18.2 Å². The first kappa shape index (κ1) is 10.7. The van der Waals surface area contributed by atoms with Gasteiger partial charge in [0.15, 0.2) is 0 Å². The van der Waals surface area contributed by atoms with E-state index in [2.05, 4.69) is 21.2 Å². The van der Waals surface area contributed by atoms with Gasteiger partial charge in [0.05, 0.1) is 24.1 Å². The molecule has 0 atom stereocenters. The summed E-state index contributed by atoms with van der Waals surface area (Å²) in [7, 11) is 0. The van der Waals surface area contributed by atoms with E-state index in [1.807, 2.05) is 29.0 Å². The zero-order valence-corrected chi connectivity index (χ0v) is 9.31. The van der Waals surface area contributed by atoms with Crippen molar-refractivity contribution in [2.75, 3.05) is 0 Å². The number of imidazole rings is 1. The molecule has 0 saturated heterocycles. The molecule has 2 heterocycles. The van der Waals surface area contributed by atoms with Gasteiger partial charge in [0.1, 0.15) is 0 Å². The van der Waals surface area contributed by atoms with Crippen LogP contribution >= 0.6 is 12.4 Å². The molecule has 0 spiro atoms. The van der Waals surface area contributed by atoms with Crippen molar-refractivity contribution in [2.24, 2.45) is 0 Å². The van der Waals surface area contributed by atoms with Crippen molar-refractivity contribution in [3.8, 4) is 0 Å². The van der Waals surface area contributed by atoms with Gasteiger partial charge in [0.25, 0.3) is 0 Å². The number of H-pyrrole nitrogens is 1. The summed E-state index contributed by atoms with van der Waals surface area (Å²) in [6.07, 6.45) is 5.52. The topological polar surface area (TPSA) is 46.5 Å². The van der Waals surface area contributed by atoms with Crippen LogP contribution in [0.4, 0.5) is 0 Å². The maximum Gasteiger partial charge on any atom is 0.0949 e. The van der Waals surface area contributed by atoms with Gasteiger partial charge in [-0.2, -0.15) is 5.10 Å². The Hall–Kier alpha value is -1.81. The Morgan fingerprint density at radius 3 is 2.94 bits per heavy atom. The van der Waals surface area contributed by atoms with Gasteiger partial charge >= 0.3 is 0 Å². The average Bonchev–Trinajstić information content (AvgIpc) is 2.89. The summed E-state index contributed by atoms with van der Waals surface area (Å²) in [6.45, 7) is 0.778. The molecule has 3 aromatic rings. The van der Waals surface area contributed by atoms with Gasteiger partial charge in [0, 0.05) is 17.8 Å². The van der Waals surface area contributed by atoms with Gasteiger partial charge in [-0.3, -0.25) is 5.10 Å². The lowest BCUT2D eigenvalue weighted by atomic mass is 10.2. The Morgan fingerprint density at radius 1 is 1.25 bits per heavy atom.